The lowest BCUT2D eigenvalue weighted by atomic mass is 9.98. The minimum atomic E-state index is -0.785. The molecule has 0 bridgehead atoms. The Bertz CT molecular complexity index is 1050. The highest BCUT2D eigenvalue weighted by Gasteiger charge is 2.48. The molecule has 2 saturated heterocycles. The summed E-state index contributed by atoms with van der Waals surface area (Å²) in [5.41, 5.74) is 1.51. The molecule has 5 rings (SSSR count). The fourth-order valence-corrected chi connectivity index (χ4v) is 4.46. The minimum Gasteiger partial charge on any atom is -0.507 e. The predicted octanol–water partition coefficient (Wildman–Crippen LogP) is 3.12. The number of hydrogen-bond acceptors (Lipinski definition) is 6. The van der Waals surface area contributed by atoms with Crippen LogP contribution < -0.4 is 4.74 Å². The van der Waals surface area contributed by atoms with Gasteiger partial charge in [-0.25, -0.2) is 0 Å². The number of Topliss-reactive ketones (excluding diaryl/α,β-unsaturated/α-hetero) is 1. The third kappa shape index (κ3) is 3.10. The molecule has 2 aromatic rings. The maximum Gasteiger partial charge on any atom is 0.295 e. The lowest BCUT2D eigenvalue weighted by Crippen LogP contribution is -2.36. The van der Waals surface area contributed by atoms with E-state index in [1.807, 2.05) is 6.07 Å². The van der Waals surface area contributed by atoms with Crippen molar-refractivity contribution in [2.24, 2.45) is 0 Å². The minimum absolute atomic E-state index is 0.0474. The molecule has 0 spiro atoms. The van der Waals surface area contributed by atoms with E-state index in [1.165, 1.54) is 4.90 Å². The summed E-state index contributed by atoms with van der Waals surface area (Å²) in [7, 11) is 0. The largest absolute Gasteiger partial charge is 0.507 e. The number of aryl methyl sites for hydroxylation is 1. The van der Waals surface area contributed by atoms with Crippen molar-refractivity contribution in [2.45, 2.75) is 38.3 Å². The molecule has 3 aliphatic rings. The van der Waals surface area contributed by atoms with Crippen LogP contribution in [0.3, 0.4) is 0 Å². The van der Waals surface area contributed by atoms with Crippen molar-refractivity contribution >= 4 is 17.4 Å². The number of carbonyl (C=O) groups excluding carboxylic acids is 2. The third-order valence-electron chi connectivity index (χ3n) is 5.96. The van der Waals surface area contributed by atoms with Gasteiger partial charge in [0.2, 0.25) is 0 Å². The molecular formula is C23H23NO6. The molecule has 0 aliphatic carbocycles. The molecule has 1 aromatic heterocycles. The number of benzene rings is 1. The van der Waals surface area contributed by atoms with Crippen LogP contribution in [0.5, 0.6) is 5.75 Å². The van der Waals surface area contributed by atoms with Gasteiger partial charge in [0.15, 0.2) is 0 Å². The molecule has 0 saturated carbocycles. The van der Waals surface area contributed by atoms with Crippen LogP contribution in [0.2, 0.25) is 0 Å². The molecule has 2 atom stereocenters. The van der Waals surface area contributed by atoms with Crippen molar-refractivity contribution in [3.63, 3.8) is 0 Å². The van der Waals surface area contributed by atoms with Gasteiger partial charge in [-0.1, -0.05) is 0 Å². The molecule has 7 nitrogen and oxygen atoms in total. The van der Waals surface area contributed by atoms with Gasteiger partial charge >= 0.3 is 0 Å². The zero-order valence-corrected chi connectivity index (χ0v) is 16.7. The summed E-state index contributed by atoms with van der Waals surface area (Å²) >= 11 is 0. The van der Waals surface area contributed by atoms with Gasteiger partial charge in [0.05, 0.1) is 18.3 Å². The first-order valence-electron chi connectivity index (χ1n) is 10.3. The van der Waals surface area contributed by atoms with Crippen LogP contribution in [0.4, 0.5) is 0 Å². The number of rotatable bonds is 4. The smallest absolute Gasteiger partial charge is 0.295 e. The van der Waals surface area contributed by atoms with Gasteiger partial charge in [-0.3, -0.25) is 9.59 Å². The monoisotopic (exact) mass is 409 g/mol. The number of amides is 1. The molecule has 156 valence electrons. The van der Waals surface area contributed by atoms with Crippen LogP contribution in [0, 0.1) is 6.92 Å². The van der Waals surface area contributed by atoms with Crippen molar-refractivity contribution < 1.29 is 28.6 Å². The Kier molecular flexibility index (Phi) is 4.62. The maximum atomic E-state index is 13.0. The molecule has 4 heterocycles. The number of likely N-dealkylation sites (tertiary alicyclic amines) is 1. The summed E-state index contributed by atoms with van der Waals surface area (Å²) in [5, 5.41) is 11.1. The molecule has 2 unspecified atom stereocenters. The Labute approximate surface area is 173 Å². The Morgan fingerprint density at radius 2 is 2.07 bits per heavy atom. The number of aliphatic hydroxyl groups is 1. The lowest BCUT2D eigenvalue weighted by Gasteiger charge is -2.25. The topological polar surface area (TPSA) is 89.2 Å². The van der Waals surface area contributed by atoms with Gasteiger partial charge in [-0.15, -0.1) is 0 Å². The van der Waals surface area contributed by atoms with Crippen molar-refractivity contribution in [1.29, 1.82) is 0 Å². The number of nitrogens with zero attached hydrogens (tertiary/aromatic N) is 1. The number of fused-ring (bicyclic) bond motifs is 1. The number of hydrogen-bond donors (Lipinski definition) is 1. The summed E-state index contributed by atoms with van der Waals surface area (Å²) in [4.78, 5) is 27.4. The molecule has 0 radical (unpaired) electrons. The van der Waals surface area contributed by atoms with Crippen molar-refractivity contribution in [1.82, 2.24) is 4.90 Å². The molecule has 1 aromatic carbocycles. The van der Waals surface area contributed by atoms with Crippen molar-refractivity contribution in [2.75, 3.05) is 19.8 Å². The van der Waals surface area contributed by atoms with Crippen LogP contribution in [0.15, 0.2) is 40.3 Å². The SMILES string of the molecule is Cc1ccc(C2/C(=C(/O)c3ccc4c(c3)CCO4)C(=O)C(=O)N2CC2CCCO2)o1. The molecular weight excluding hydrogens is 386 g/mol. The second-order valence-corrected chi connectivity index (χ2v) is 7.96. The average Bonchev–Trinajstić information content (AvgIpc) is 3.52. The molecule has 30 heavy (non-hydrogen) atoms. The van der Waals surface area contributed by atoms with E-state index >= 15 is 0 Å². The standard InChI is InChI=1S/C23H23NO6/c1-13-4-6-18(30-13)20-19(21(25)15-5-7-17-14(11-15)8-10-29-17)22(26)23(27)24(20)12-16-3-2-9-28-16/h4-7,11,16,20,25H,2-3,8-10,12H2,1H3/b21-19-. The zero-order valence-electron chi connectivity index (χ0n) is 16.7. The highest BCUT2D eigenvalue weighted by molar-refractivity contribution is 6.46. The number of aliphatic hydroxyl groups excluding tert-OH is 1. The number of carbonyl (C=O) groups is 2. The van der Waals surface area contributed by atoms with Crippen LogP contribution >= 0.6 is 0 Å². The summed E-state index contributed by atoms with van der Waals surface area (Å²) in [6.45, 7) is 3.33. The summed E-state index contributed by atoms with van der Waals surface area (Å²) < 4.78 is 17.0. The second-order valence-electron chi connectivity index (χ2n) is 7.96. The highest BCUT2D eigenvalue weighted by Crippen LogP contribution is 2.41. The number of ketones is 1. The van der Waals surface area contributed by atoms with Crippen LogP contribution in [0.25, 0.3) is 5.76 Å². The molecule has 1 amide bonds. The first-order valence-corrected chi connectivity index (χ1v) is 10.3. The fourth-order valence-electron chi connectivity index (χ4n) is 4.46. The normalized spacial score (nSPS) is 25.0. The van der Waals surface area contributed by atoms with Crippen LogP contribution in [-0.2, 0) is 20.7 Å². The lowest BCUT2D eigenvalue weighted by molar-refractivity contribution is -0.141. The molecule has 7 heteroatoms. The van der Waals surface area contributed by atoms with E-state index in [4.69, 9.17) is 13.9 Å². The van der Waals surface area contributed by atoms with E-state index in [1.54, 1.807) is 31.2 Å². The quantitative estimate of drug-likeness (QED) is 0.474. The number of furan rings is 1. The second kappa shape index (κ2) is 7.32. The van der Waals surface area contributed by atoms with E-state index < -0.39 is 17.7 Å². The van der Waals surface area contributed by atoms with E-state index in [9.17, 15) is 14.7 Å². The summed E-state index contributed by atoms with van der Waals surface area (Å²) in [5.74, 6) is 0.357. The van der Waals surface area contributed by atoms with Crippen molar-refractivity contribution in [3.8, 4) is 5.75 Å². The van der Waals surface area contributed by atoms with Gasteiger partial charge < -0.3 is 23.9 Å². The Morgan fingerprint density at radius 1 is 1.20 bits per heavy atom. The Balaban J connectivity index is 1.60. The molecule has 2 fully saturated rings. The van der Waals surface area contributed by atoms with Crippen LogP contribution in [0.1, 0.15) is 41.5 Å². The average molecular weight is 409 g/mol. The van der Waals surface area contributed by atoms with Gasteiger partial charge in [-0.05, 0) is 55.7 Å². The van der Waals surface area contributed by atoms with E-state index in [0.29, 0.717) is 30.3 Å². The Morgan fingerprint density at radius 3 is 2.80 bits per heavy atom. The zero-order chi connectivity index (χ0) is 20.8. The van der Waals surface area contributed by atoms with E-state index in [2.05, 4.69) is 0 Å². The Hall–Kier alpha value is -3.06. The fraction of sp³-hybridized carbons (Fsp3) is 0.391. The van der Waals surface area contributed by atoms with Gasteiger partial charge in [0.1, 0.15) is 29.1 Å². The van der Waals surface area contributed by atoms with E-state index in [-0.39, 0.29) is 24.0 Å². The predicted molar refractivity (Wildman–Crippen MR) is 107 cm³/mol. The van der Waals surface area contributed by atoms with Gasteiger partial charge in [-0.2, -0.15) is 0 Å². The number of ether oxygens (including phenoxy) is 2. The first kappa shape index (κ1) is 18.9. The molecule has 3 aliphatic heterocycles. The highest BCUT2D eigenvalue weighted by atomic mass is 16.5. The summed E-state index contributed by atoms with van der Waals surface area (Å²) in [6, 6.07) is 8.05. The first-order chi connectivity index (χ1) is 14.5. The van der Waals surface area contributed by atoms with Crippen molar-refractivity contribution in [3.05, 3.63) is 58.6 Å². The van der Waals surface area contributed by atoms with E-state index in [0.717, 1.165) is 30.6 Å². The van der Waals surface area contributed by atoms with Crippen LogP contribution in [-0.4, -0.2) is 47.6 Å². The third-order valence-corrected chi connectivity index (χ3v) is 5.96. The summed E-state index contributed by atoms with van der Waals surface area (Å²) in [6.07, 6.45) is 2.37. The van der Waals surface area contributed by atoms with Gasteiger partial charge in [0, 0.05) is 25.1 Å². The molecule has 1 N–H and O–H groups in total. The maximum absolute atomic E-state index is 13.0. The van der Waals surface area contributed by atoms with Gasteiger partial charge in [0.25, 0.3) is 11.7 Å².